The van der Waals surface area contributed by atoms with Gasteiger partial charge in [0, 0.05) is 6.54 Å². The van der Waals surface area contributed by atoms with Crippen LogP contribution in [0.2, 0.25) is 0 Å². The van der Waals surface area contributed by atoms with Crippen molar-refractivity contribution in [1.29, 1.82) is 0 Å². The molecule has 0 aromatic carbocycles. The van der Waals surface area contributed by atoms with E-state index in [0.29, 0.717) is 12.2 Å². The van der Waals surface area contributed by atoms with Crippen molar-refractivity contribution in [2.75, 3.05) is 0 Å². The quantitative estimate of drug-likeness (QED) is 0.860. The van der Waals surface area contributed by atoms with Gasteiger partial charge in [-0.3, -0.25) is 9.48 Å². The van der Waals surface area contributed by atoms with E-state index in [-0.39, 0.29) is 0 Å². The van der Waals surface area contributed by atoms with Gasteiger partial charge in [0.15, 0.2) is 0 Å². The van der Waals surface area contributed by atoms with E-state index in [1.54, 1.807) is 31.5 Å². The first-order valence-corrected chi connectivity index (χ1v) is 6.81. The Hall–Kier alpha value is -1.85. The van der Waals surface area contributed by atoms with Gasteiger partial charge in [-0.15, -0.1) is 0 Å². The van der Waals surface area contributed by atoms with Crippen molar-refractivity contribution in [2.24, 2.45) is 5.41 Å². The van der Waals surface area contributed by atoms with Crippen LogP contribution in [0, 0.1) is 5.41 Å². The van der Waals surface area contributed by atoms with Crippen LogP contribution in [0.15, 0.2) is 6.07 Å². The van der Waals surface area contributed by atoms with Crippen LogP contribution in [0.25, 0.3) is 0 Å². The number of aromatic nitrogens is 2. The summed E-state index contributed by atoms with van der Waals surface area (Å²) in [4.78, 5) is 23.6. The second kappa shape index (κ2) is 6.07. The first-order chi connectivity index (χ1) is 9.20. The molecule has 0 radical (unpaired) electrons. The lowest BCUT2D eigenvalue weighted by Gasteiger charge is -2.27. The molecule has 112 valence electrons. The highest BCUT2D eigenvalue weighted by molar-refractivity contribution is 5.95. The van der Waals surface area contributed by atoms with Crippen LogP contribution in [-0.2, 0) is 17.8 Å². The van der Waals surface area contributed by atoms with E-state index in [1.807, 2.05) is 13.8 Å². The van der Waals surface area contributed by atoms with Gasteiger partial charge < -0.3 is 10.4 Å². The van der Waals surface area contributed by atoms with Crippen molar-refractivity contribution in [1.82, 2.24) is 15.1 Å². The van der Waals surface area contributed by atoms with Gasteiger partial charge in [-0.05, 0) is 24.8 Å². The number of carbonyl (C=O) groups is 2. The third-order valence-electron chi connectivity index (χ3n) is 3.11. The van der Waals surface area contributed by atoms with Gasteiger partial charge >= 0.3 is 5.97 Å². The van der Waals surface area contributed by atoms with Crippen LogP contribution in [0.5, 0.6) is 0 Å². The number of amides is 1. The second-order valence-corrected chi connectivity index (χ2v) is 5.80. The number of hydrogen-bond acceptors (Lipinski definition) is 3. The monoisotopic (exact) mass is 281 g/mol. The minimum absolute atomic E-state index is 0.402. The van der Waals surface area contributed by atoms with Crippen molar-refractivity contribution in [3.8, 4) is 0 Å². The fourth-order valence-corrected chi connectivity index (χ4v) is 1.92. The summed E-state index contributed by atoms with van der Waals surface area (Å²) in [6.07, 6.45) is 0.731. The molecule has 1 amide bonds. The highest BCUT2D eigenvalue weighted by Gasteiger charge is 2.33. The SMILES string of the molecule is CCc1cc(C(=O)N[C@@H](C(=O)O)C(C)(C)C)n(CC)n1. The lowest BCUT2D eigenvalue weighted by molar-refractivity contribution is -0.142. The molecule has 6 heteroatoms. The average molecular weight is 281 g/mol. The smallest absolute Gasteiger partial charge is 0.326 e. The fourth-order valence-electron chi connectivity index (χ4n) is 1.92. The van der Waals surface area contributed by atoms with E-state index in [1.165, 1.54) is 0 Å². The molecule has 0 spiro atoms. The van der Waals surface area contributed by atoms with Crippen LogP contribution >= 0.6 is 0 Å². The molecule has 6 nitrogen and oxygen atoms in total. The summed E-state index contributed by atoms with van der Waals surface area (Å²) < 4.78 is 1.59. The molecule has 0 aliphatic rings. The zero-order chi connectivity index (χ0) is 15.5. The topological polar surface area (TPSA) is 84.2 Å². The summed E-state index contributed by atoms with van der Waals surface area (Å²) >= 11 is 0. The predicted octanol–water partition coefficient (Wildman–Crippen LogP) is 1.69. The molecule has 0 aliphatic heterocycles. The maximum atomic E-state index is 12.3. The number of aryl methyl sites for hydroxylation is 2. The normalized spacial score (nSPS) is 13.1. The zero-order valence-corrected chi connectivity index (χ0v) is 12.7. The van der Waals surface area contributed by atoms with E-state index in [4.69, 9.17) is 0 Å². The van der Waals surface area contributed by atoms with Crippen molar-refractivity contribution < 1.29 is 14.7 Å². The van der Waals surface area contributed by atoms with Gasteiger partial charge in [0.2, 0.25) is 0 Å². The first kappa shape index (κ1) is 16.2. The number of hydrogen-bond donors (Lipinski definition) is 2. The van der Waals surface area contributed by atoms with Crippen LogP contribution < -0.4 is 5.32 Å². The summed E-state index contributed by atoms with van der Waals surface area (Å²) in [7, 11) is 0. The van der Waals surface area contributed by atoms with E-state index >= 15 is 0 Å². The standard InChI is InChI=1S/C14H23N3O3/c1-6-9-8-10(17(7-2)16-9)12(18)15-11(13(19)20)14(3,4)5/h8,11H,6-7H2,1-5H3,(H,15,18)(H,19,20)/t11-/m0/s1. The van der Waals surface area contributed by atoms with Gasteiger partial charge in [0.05, 0.1) is 5.69 Å². The Morgan fingerprint density at radius 1 is 1.40 bits per heavy atom. The molecule has 1 atom stereocenters. The molecule has 1 aromatic rings. The summed E-state index contributed by atoms with van der Waals surface area (Å²) in [5, 5.41) is 16.1. The molecule has 0 aliphatic carbocycles. The minimum atomic E-state index is -1.04. The summed E-state index contributed by atoms with van der Waals surface area (Å²) in [5.41, 5.74) is 0.658. The number of nitrogens with zero attached hydrogens (tertiary/aromatic N) is 2. The van der Waals surface area contributed by atoms with E-state index < -0.39 is 23.3 Å². The van der Waals surface area contributed by atoms with Gasteiger partial charge in [-0.2, -0.15) is 5.10 Å². The van der Waals surface area contributed by atoms with E-state index in [2.05, 4.69) is 10.4 Å². The maximum Gasteiger partial charge on any atom is 0.326 e. The van der Waals surface area contributed by atoms with E-state index in [0.717, 1.165) is 12.1 Å². The van der Waals surface area contributed by atoms with Crippen molar-refractivity contribution in [2.45, 2.75) is 53.6 Å². The average Bonchev–Trinajstić information content (AvgIpc) is 2.77. The molecular weight excluding hydrogens is 258 g/mol. The van der Waals surface area contributed by atoms with Crippen LogP contribution in [0.3, 0.4) is 0 Å². The van der Waals surface area contributed by atoms with Crippen LogP contribution in [-0.4, -0.2) is 32.8 Å². The molecule has 0 unspecified atom stereocenters. The van der Waals surface area contributed by atoms with Crippen molar-refractivity contribution in [3.63, 3.8) is 0 Å². The molecular formula is C14H23N3O3. The summed E-state index contributed by atoms with van der Waals surface area (Å²) in [6, 6.07) is 0.765. The maximum absolute atomic E-state index is 12.3. The number of rotatable bonds is 5. The third-order valence-corrected chi connectivity index (χ3v) is 3.11. The fraction of sp³-hybridized carbons (Fsp3) is 0.643. The van der Waals surface area contributed by atoms with Crippen LogP contribution in [0.4, 0.5) is 0 Å². The molecule has 2 N–H and O–H groups in total. The Bertz CT molecular complexity index is 500. The third kappa shape index (κ3) is 3.59. The van der Waals surface area contributed by atoms with Gasteiger partial charge in [0.25, 0.3) is 5.91 Å². The molecule has 0 saturated carbocycles. The highest BCUT2D eigenvalue weighted by Crippen LogP contribution is 2.20. The molecule has 1 aromatic heterocycles. The van der Waals surface area contributed by atoms with E-state index in [9.17, 15) is 14.7 Å². The predicted molar refractivity (Wildman–Crippen MR) is 75.6 cm³/mol. The Morgan fingerprint density at radius 3 is 2.40 bits per heavy atom. The number of carboxylic acids is 1. The Morgan fingerprint density at radius 2 is 2.00 bits per heavy atom. The number of nitrogens with one attached hydrogen (secondary N) is 1. The lowest BCUT2D eigenvalue weighted by Crippen LogP contribution is -2.49. The number of carboxylic acid groups (broad SMARTS) is 1. The van der Waals surface area contributed by atoms with Crippen molar-refractivity contribution in [3.05, 3.63) is 17.5 Å². The Labute approximate surface area is 119 Å². The Kier molecular flexibility index (Phi) is 4.92. The van der Waals surface area contributed by atoms with Crippen LogP contribution in [0.1, 0.15) is 50.8 Å². The molecule has 0 bridgehead atoms. The van der Waals surface area contributed by atoms with Gasteiger partial charge in [-0.25, -0.2) is 4.79 Å². The van der Waals surface area contributed by atoms with Gasteiger partial charge in [-0.1, -0.05) is 27.7 Å². The summed E-state index contributed by atoms with van der Waals surface area (Å²) in [5.74, 6) is -1.44. The largest absolute Gasteiger partial charge is 0.480 e. The molecule has 0 saturated heterocycles. The molecule has 1 rings (SSSR count). The second-order valence-electron chi connectivity index (χ2n) is 5.80. The molecule has 1 heterocycles. The Balaban J connectivity index is 3.00. The zero-order valence-electron chi connectivity index (χ0n) is 12.7. The van der Waals surface area contributed by atoms with Crippen molar-refractivity contribution >= 4 is 11.9 Å². The highest BCUT2D eigenvalue weighted by atomic mass is 16.4. The number of aliphatic carboxylic acids is 1. The van der Waals surface area contributed by atoms with Gasteiger partial charge in [0.1, 0.15) is 11.7 Å². The molecule has 0 fully saturated rings. The molecule has 20 heavy (non-hydrogen) atoms. The lowest BCUT2D eigenvalue weighted by atomic mass is 9.86. The summed E-state index contributed by atoms with van der Waals surface area (Å²) in [6.45, 7) is 9.75. The minimum Gasteiger partial charge on any atom is -0.480 e. The number of carbonyl (C=O) groups excluding carboxylic acids is 1. The first-order valence-electron chi connectivity index (χ1n) is 6.81.